The minimum absolute atomic E-state index is 0.0891. The van der Waals surface area contributed by atoms with E-state index in [0.717, 1.165) is 52.1 Å². The van der Waals surface area contributed by atoms with E-state index in [2.05, 4.69) is 53.1 Å². The topological polar surface area (TPSA) is 91.3 Å². The number of benzene rings is 3. The Morgan fingerprint density at radius 3 is 2.16 bits per heavy atom. The normalized spacial score (nSPS) is 10.4. The number of hydrogen-bond donors (Lipinski definition) is 3. The van der Waals surface area contributed by atoms with Crippen LogP contribution in [0.15, 0.2) is 103 Å². The minimum Gasteiger partial charge on any atom is -0.481 e. The van der Waals surface area contributed by atoms with E-state index in [4.69, 9.17) is 10.1 Å². The van der Waals surface area contributed by atoms with E-state index in [1.807, 2.05) is 48.5 Å². The molecule has 6 nitrogen and oxygen atoms in total. The standard InChI is InChI=1S/C23H21N3O.C8H8O2/c1-16(27)25-18-9-5-10-19-20-11-6-12-21(23(20)26-22(19)15-18)24-14-13-17-7-3-2-4-8-17;9-8(10)6-7-4-2-1-3-5-7/h2-12,15,24H,13-14H2,1H3,(H,25,27);1-5H,6H2,(H,9,10). The van der Waals surface area contributed by atoms with Crippen LogP contribution >= 0.6 is 0 Å². The van der Waals surface area contributed by atoms with Crippen molar-refractivity contribution in [2.24, 2.45) is 0 Å². The van der Waals surface area contributed by atoms with E-state index in [9.17, 15) is 9.59 Å². The highest BCUT2D eigenvalue weighted by molar-refractivity contribution is 6.03. The molecule has 0 atom stereocenters. The van der Waals surface area contributed by atoms with E-state index in [0.29, 0.717) is 0 Å². The van der Waals surface area contributed by atoms with E-state index >= 15 is 0 Å². The van der Waals surface area contributed by atoms with E-state index < -0.39 is 5.97 Å². The summed E-state index contributed by atoms with van der Waals surface area (Å²) < 4.78 is 0. The molecule has 186 valence electrons. The maximum atomic E-state index is 11.4. The number of rotatable bonds is 7. The molecular formula is C31H29N3O3. The van der Waals surface area contributed by atoms with Crippen molar-refractivity contribution in [3.05, 3.63) is 114 Å². The van der Waals surface area contributed by atoms with Gasteiger partial charge in [-0.1, -0.05) is 84.9 Å². The quantitative estimate of drug-likeness (QED) is 0.250. The van der Waals surface area contributed by atoms with Crippen LogP contribution in [0.2, 0.25) is 0 Å². The van der Waals surface area contributed by atoms with Gasteiger partial charge in [0.15, 0.2) is 0 Å². The first kappa shape index (κ1) is 25.4. The Labute approximate surface area is 216 Å². The number of anilines is 2. The maximum absolute atomic E-state index is 11.4. The SMILES string of the molecule is CC(=O)Nc1cccc2c3cccc(NCCc4ccccc4)c3nc-2c1.O=C(O)Cc1ccccc1. The highest BCUT2D eigenvalue weighted by Gasteiger charge is 2.14. The number of aromatic nitrogens is 1. The van der Waals surface area contributed by atoms with Crippen molar-refractivity contribution in [2.45, 2.75) is 19.8 Å². The van der Waals surface area contributed by atoms with Crippen molar-refractivity contribution < 1.29 is 14.7 Å². The third-order valence-electron chi connectivity index (χ3n) is 5.76. The molecule has 6 heteroatoms. The first-order valence-corrected chi connectivity index (χ1v) is 12.1. The summed E-state index contributed by atoms with van der Waals surface area (Å²) in [5.41, 5.74) is 6.84. The fourth-order valence-electron chi connectivity index (χ4n) is 4.11. The number of fused-ring (bicyclic) bond motifs is 3. The summed E-state index contributed by atoms with van der Waals surface area (Å²) in [6.07, 6.45) is 1.07. The molecule has 3 aromatic carbocycles. The molecule has 2 aliphatic rings. The molecule has 0 radical (unpaired) electrons. The fraction of sp³-hybridized carbons (Fsp3) is 0.129. The van der Waals surface area contributed by atoms with Gasteiger partial charge in [0.2, 0.25) is 5.91 Å². The summed E-state index contributed by atoms with van der Waals surface area (Å²) in [4.78, 5) is 26.4. The molecule has 0 spiro atoms. The number of nitrogens with zero attached hydrogens (tertiary/aromatic N) is 1. The molecule has 5 rings (SSSR count). The summed E-state index contributed by atoms with van der Waals surface area (Å²) in [5, 5.41) is 15.8. The van der Waals surface area contributed by atoms with Gasteiger partial charge in [-0.15, -0.1) is 0 Å². The molecular weight excluding hydrogens is 462 g/mol. The molecule has 1 heterocycles. The summed E-state index contributed by atoms with van der Waals surface area (Å²) in [6.45, 7) is 2.35. The second-order valence-corrected chi connectivity index (χ2v) is 8.64. The number of carbonyl (C=O) groups is 2. The summed E-state index contributed by atoms with van der Waals surface area (Å²) in [7, 11) is 0. The monoisotopic (exact) mass is 491 g/mol. The van der Waals surface area contributed by atoms with Crippen LogP contribution < -0.4 is 10.6 Å². The van der Waals surface area contributed by atoms with Gasteiger partial charge in [-0.2, -0.15) is 0 Å². The van der Waals surface area contributed by atoms with Gasteiger partial charge >= 0.3 is 5.97 Å². The number of hydrogen-bond acceptors (Lipinski definition) is 4. The molecule has 0 saturated heterocycles. The van der Waals surface area contributed by atoms with Crippen LogP contribution in [-0.2, 0) is 22.4 Å². The van der Waals surface area contributed by atoms with Crippen LogP contribution in [0.4, 0.5) is 11.4 Å². The molecule has 1 aliphatic heterocycles. The summed E-state index contributed by atoms with van der Waals surface area (Å²) in [6, 6.07) is 33.6. The molecule has 0 unspecified atom stereocenters. The predicted octanol–water partition coefficient (Wildman–Crippen LogP) is 6.27. The third-order valence-corrected chi connectivity index (χ3v) is 5.76. The van der Waals surface area contributed by atoms with Gasteiger partial charge in [0, 0.05) is 30.1 Å². The Morgan fingerprint density at radius 1 is 0.811 bits per heavy atom. The lowest BCUT2D eigenvalue weighted by molar-refractivity contribution is -0.136. The lowest BCUT2D eigenvalue weighted by Crippen LogP contribution is -2.05. The molecule has 37 heavy (non-hydrogen) atoms. The van der Waals surface area contributed by atoms with Crippen molar-refractivity contribution in [2.75, 3.05) is 17.2 Å². The Bertz CT molecular complexity index is 1450. The van der Waals surface area contributed by atoms with Crippen LogP contribution in [0.3, 0.4) is 0 Å². The summed E-state index contributed by atoms with van der Waals surface area (Å²) >= 11 is 0. The van der Waals surface area contributed by atoms with Gasteiger partial charge < -0.3 is 15.7 Å². The van der Waals surface area contributed by atoms with Crippen molar-refractivity contribution in [1.29, 1.82) is 0 Å². The van der Waals surface area contributed by atoms with Gasteiger partial charge in [0.1, 0.15) is 0 Å². The smallest absolute Gasteiger partial charge is 0.307 e. The molecule has 1 aliphatic carbocycles. The number of carboxylic acids is 1. The maximum Gasteiger partial charge on any atom is 0.307 e. The van der Waals surface area contributed by atoms with E-state index in [1.165, 1.54) is 12.5 Å². The number of para-hydroxylation sites is 1. The van der Waals surface area contributed by atoms with E-state index in [-0.39, 0.29) is 12.3 Å². The first-order chi connectivity index (χ1) is 18.0. The third kappa shape index (κ3) is 7.15. The van der Waals surface area contributed by atoms with Gasteiger partial charge in [0.25, 0.3) is 0 Å². The van der Waals surface area contributed by atoms with Crippen LogP contribution in [0, 0.1) is 0 Å². The van der Waals surface area contributed by atoms with Crippen LogP contribution in [0.5, 0.6) is 0 Å². The largest absolute Gasteiger partial charge is 0.481 e. The second-order valence-electron chi connectivity index (χ2n) is 8.64. The number of amides is 1. The van der Waals surface area contributed by atoms with E-state index in [1.54, 1.807) is 12.1 Å². The Hall–Kier alpha value is -4.71. The molecule has 3 aromatic rings. The van der Waals surface area contributed by atoms with Crippen molar-refractivity contribution in [3.8, 4) is 11.3 Å². The number of nitrogens with one attached hydrogen (secondary N) is 2. The zero-order chi connectivity index (χ0) is 26.0. The molecule has 0 fully saturated rings. The molecule has 3 N–H and O–H groups in total. The second kappa shape index (κ2) is 12.3. The zero-order valence-electron chi connectivity index (χ0n) is 20.6. The van der Waals surface area contributed by atoms with Gasteiger partial charge in [-0.25, -0.2) is 4.98 Å². The van der Waals surface area contributed by atoms with Gasteiger partial charge in [-0.05, 0) is 35.7 Å². The first-order valence-electron chi connectivity index (χ1n) is 12.1. The predicted molar refractivity (Wildman–Crippen MR) is 149 cm³/mol. The molecule has 0 saturated carbocycles. The van der Waals surface area contributed by atoms with Gasteiger partial charge in [-0.3, -0.25) is 9.59 Å². The zero-order valence-corrected chi connectivity index (χ0v) is 20.6. The molecule has 1 amide bonds. The average Bonchev–Trinajstić information content (AvgIpc) is 3.10. The van der Waals surface area contributed by atoms with Crippen molar-refractivity contribution in [1.82, 2.24) is 4.98 Å². The Kier molecular flexibility index (Phi) is 8.45. The highest BCUT2D eigenvalue weighted by Crippen LogP contribution is 2.35. The fourth-order valence-corrected chi connectivity index (χ4v) is 4.11. The highest BCUT2D eigenvalue weighted by atomic mass is 16.4. The van der Waals surface area contributed by atoms with Crippen molar-refractivity contribution >= 4 is 34.2 Å². The Balaban J connectivity index is 0.000000270. The van der Waals surface area contributed by atoms with Crippen molar-refractivity contribution in [3.63, 3.8) is 0 Å². The lowest BCUT2D eigenvalue weighted by atomic mass is 10.1. The molecule has 0 bridgehead atoms. The number of aliphatic carboxylic acids is 1. The Morgan fingerprint density at radius 2 is 1.49 bits per heavy atom. The minimum atomic E-state index is -0.786. The average molecular weight is 492 g/mol. The lowest BCUT2D eigenvalue weighted by Gasteiger charge is -2.07. The molecule has 0 aromatic heterocycles. The number of carbonyl (C=O) groups excluding carboxylic acids is 1. The van der Waals surface area contributed by atoms with Crippen LogP contribution in [-0.4, -0.2) is 28.5 Å². The van der Waals surface area contributed by atoms with Crippen LogP contribution in [0.25, 0.3) is 22.2 Å². The van der Waals surface area contributed by atoms with Crippen LogP contribution in [0.1, 0.15) is 18.1 Å². The van der Waals surface area contributed by atoms with Gasteiger partial charge in [0.05, 0.1) is 23.3 Å². The summed E-state index contributed by atoms with van der Waals surface area (Å²) in [5.74, 6) is -0.875. The number of carboxylic acid groups (broad SMARTS) is 1.